The molecule has 0 radical (unpaired) electrons. The van der Waals surface area contributed by atoms with Gasteiger partial charge < -0.3 is 14.6 Å². The summed E-state index contributed by atoms with van der Waals surface area (Å²) in [5, 5.41) is 3.89. The van der Waals surface area contributed by atoms with Gasteiger partial charge in [-0.3, -0.25) is 14.5 Å². The number of furan rings is 1. The van der Waals surface area contributed by atoms with Gasteiger partial charge in [0.15, 0.2) is 5.76 Å². The van der Waals surface area contributed by atoms with Crippen molar-refractivity contribution in [3.8, 4) is 0 Å². The van der Waals surface area contributed by atoms with Gasteiger partial charge in [0.1, 0.15) is 6.04 Å². The zero-order chi connectivity index (χ0) is 20.2. The Labute approximate surface area is 175 Å². The molecule has 1 aromatic heterocycles. The molecule has 2 amide bonds. The van der Waals surface area contributed by atoms with E-state index in [4.69, 9.17) is 16.0 Å². The predicted octanol–water partition coefficient (Wildman–Crippen LogP) is 3.49. The van der Waals surface area contributed by atoms with Gasteiger partial charge in [-0.15, -0.1) is 0 Å². The second-order valence-corrected chi connectivity index (χ2v) is 8.19. The summed E-state index contributed by atoms with van der Waals surface area (Å²) in [6, 6.07) is 10.8. The van der Waals surface area contributed by atoms with E-state index in [0.717, 1.165) is 18.4 Å². The van der Waals surface area contributed by atoms with Crippen LogP contribution >= 0.6 is 11.6 Å². The van der Waals surface area contributed by atoms with E-state index in [0.29, 0.717) is 37.0 Å². The summed E-state index contributed by atoms with van der Waals surface area (Å²) in [4.78, 5) is 29.7. The number of benzene rings is 1. The highest BCUT2D eigenvalue weighted by Gasteiger charge is 2.33. The van der Waals surface area contributed by atoms with Crippen LogP contribution in [0.15, 0.2) is 47.1 Å². The number of hydrogen-bond acceptors (Lipinski definition) is 4. The second kappa shape index (κ2) is 9.01. The lowest BCUT2D eigenvalue weighted by Crippen LogP contribution is -2.53. The topological polar surface area (TPSA) is 65.8 Å². The molecule has 2 heterocycles. The Kier molecular flexibility index (Phi) is 6.21. The maximum atomic E-state index is 13.2. The minimum absolute atomic E-state index is 0.0324. The van der Waals surface area contributed by atoms with Crippen LogP contribution in [0.4, 0.5) is 0 Å². The average molecular weight is 416 g/mol. The summed E-state index contributed by atoms with van der Waals surface area (Å²) in [5.41, 5.74) is 0.927. The third-order valence-corrected chi connectivity index (χ3v) is 6.09. The predicted molar refractivity (Wildman–Crippen MR) is 111 cm³/mol. The molecule has 4 rings (SSSR count). The van der Waals surface area contributed by atoms with Crippen LogP contribution in [-0.4, -0.2) is 53.8 Å². The SMILES string of the molecule is O=C(NC1CCCC1)[C@@H](c1ccc(Cl)cc1)N1CCN(C(=O)c2ccco2)CC1. The fraction of sp³-hybridized carbons (Fsp3) is 0.455. The first-order valence-corrected chi connectivity index (χ1v) is 10.6. The van der Waals surface area contributed by atoms with Crippen LogP contribution < -0.4 is 5.32 Å². The van der Waals surface area contributed by atoms with Crippen LogP contribution in [0.25, 0.3) is 0 Å². The highest BCUT2D eigenvalue weighted by atomic mass is 35.5. The van der Waals surface area contributed by atoms with Crippen molar-refractivity contribution < 1.29 is 14.0 Å². The van der Waals surface area contributed by atoms with Crippen LogP contribution in [0.1, 0.15) is 47.8 Å². The fourth-order valence-corrected chi connectivity index (χ4v) is 4.39. The van der Waals surface area contributed by atoms with Crippen molar-refractivity contribution in [2.75, 3.05) is 26.2 Å². The molecule has 0 spiro atoms. The zero-order valence-corrected chi connectivity index (χ0v) is 17.1. The molecule has 154 valence electrons. The van der Waals surface area contributed by atoms with Crippen molar-refractivity contribution in [2.24, 2.45) is 0 Å². The van der Waals surface area contributed by atoms with Gasteiger partial charge in [0.2, 0.25) is 5.91 Å². The fourth-order valence-electron chi connectivity index (χ4n) is 4.26. The summed E-state index contributed by atoms with van der Waals surface area (Å²) < 4.78 is 5.23. The van der Waals surface area contributed by atoms with Crippen molar-refractivity contribution in [1.29, 1.82) is 0 Å². The van der Waals surface area contributed by atoms with Crippen LogP contribution in [0.2, 0.25) is 5.02 Å². The summed E-state index contributed by atoms with van der Waals surface area (Å²) in [6.07, 6.45) is 5.94. The maximum absolute atomic E-state index is 13.2. The quantitative estimate of drug-likeness (QED) is 0.811. The first-order valence-electron chi connectivity index (χ1n) is 10.2. The van der Waals surface area contributed by atoms with Gasteiger partial charge in [0.05, 0.1) is 6.26 Å². The summed E-state index contributed by atoms with van der Waals surface area (Å²) in [6.45, 7) is 2.36. The lowest BCUT2D eigenvalue weighted by molar-refractivity contribution is -0.128. The van der Waals surface area contributed by atoms with Crippen molar-refractivity contribution >= 4 is 23.4 Å². The van der Waals surface area contributed by atoms with Crippen molar-refractivity contribution in [3.05, 3.63) is 59.0 Å². The molecule has 2 fully saturated rings. The molecule has 1 saturated carbocycles. The molecule has 2 aromatic rings. The van der Waals surface area contributed by atoms with E-state index < -0.39 is 0 Å². The van der Waals surface area contributed by atoms with E-state index in [1.165, 1.54) is 19.1 Å². The number of carbonyl (C=O) groups is 2. The molecule has 1 N–H and O–H groups in total. The number of hydrogen-bond donors (Lipinski definition) is 1. The summed E-state index contributed by atoms with van der Waals surface area (Å²) in [5.74, 6) is 0.282. The lowest BCUT2D eigenvalue weighted by atomic mass is 10.0. The molecule has 1 aliphatic heterocycles. The van der Waals surface area contributed by atoms with E-state index in [1.807, 2.05) is 24.3 Å². The van der Waals surface area contributed by atoms with Crippen LogP contribution in [-0.2, 0) is 4.79 Å². The number of nitrogens with zero attached hydrogens (tertiary/aromatic N) is 2. The Bertz CT molecular complexity index is 823. The molecule has 1 atom stereocenters. The van der Waals surface area contributed by atoms with E-state index >= 15 is 0 Å². The van der Waals surface area contributed by atoms with E-state index in [-0.39, 0.29) is 23.9 Å². The molecule has 6 nitrogen and oxygen atoms in total. The molecule has 29 heavy (non-hydrogen) atoms. The van der Waals surface area contributed by atoms with E-state index in [2.05, 4.69) is 10.2 Å². The minimum Gasteiger partial charge on any atom is -0.459 e. The number of piperazine rings is 1. The number of carbonyl (C=O) groups excluding carboxylic acids is 2. The monoisotopic (exact) mass is 415 g/mol. The largest absolute Gasteiger partial charge is 0.459 e. The van der Waals surface area contributed by atoms with Crippen LogP contribution in [0, 0.1) is 0 Å². The number of nitrogens with one attached hydrogen (secondary N) is 1. The Morgan fingerprint density at radius 3 is 2.34 bits per heavy atom. The van der Waals surface area contributed by atoms with Gasteiger partial charge in [0, 0.05) is 37.2 Å². The highest BCUT2D eigenvalue weighted by Crippen LogP contribution is 2.26. The maximum Gasteiger partial charge on any atom is 0.289 e. The van der Waals surface area contributed by atoms with Gasteiger partial charge in [-0.25, -0.2) is 0 Å². The minimum atomic E-state index is -0.381. The van der Waals surface area contributed by atoms with Crippen LogP contribution in [0.3, 0.4) is 0 Å². The molecule has 0 bridgehead atoms. The van der Waals surface area contributed by atoms with E-state index in [1.54, 1.807) is 17.0 Å². The number of halogens is 1. The molecule has 1 aromatic carbocycles. The average Bonchev–Trinajstić information content (AvgIpc) is 3.44. The standard InChI is InChI=1S/C22H26ClN3O3/c23-17-9-7-16(8-10-17)20(21(27)24-18-4-1-2-5-18)25-11-13-26(14-12-25)22(28)19-6-3-15-29-19/h3,6-10,15,18,20H,1-2,4-5,11-14H2,(H,24,27)/t20-/m1/s1. The lowest BCUT2D eigenvalue weighted by Gasteiger charge is -2.38. The zero-order valence-electron chi connectivity index (χ0n) is 16.4. The molecule has 1 saturated heterocycles. The Morgan fingerprint density at radius 2 is 1.72 bits per heavy atom. The van der Waals surface area contributed by atoms with Gasteiger partial charge in [-0.1, -0.05) is 36.6 Å². The Hall–Kier alpha value is -2.31. The molecule has 1 aliphatic carbocycles. The smallest absolute Gasteiger partial charge is 0.289 e. The Morgan fingerprint density at radius 1 is 1.03 bits per heavy atom. The second-order valence-electron chi connectivity index (χ2n) is 7.75. The summed E-state index contributed by atoms with van der Waals surface area (Å²) >= 11 is 6.05. The van der Waals surface area contributed by atoms with Crippen molar-refractivity contribution in [2.45, 2.75) is 37.8 Å². The molecule has 0 unspecified atom stereocenters. The third-order valence-electron chi connectivity index (χ3n) is 5.83. The Balaban J connectivity index is 1.47. The number of rotatable bonds is 5. The first-order chi connectivity index (χ1) is 14.1. The molecular formula is C22H26ClN3O3. The first kappa shape index (κ1) is 20.0. The van der Waals surface area contributed by atoms with Crippen molar-refractivity contribution in [1.82, 2.24) is 15.1 Å². The van der Waals surface area contributed by atoms with Gasteiger partial charge in [0.25, 0.3) is 5.91 Å². The van der Waals surface area contributed by atoms with Gasteiger partial charge >= 0.3 is 0 Å². The van der Waals surface area contributed by atoms with Gasteiger partial charge in [-0.2, -0.15) is 0 Å². The van der Waals surface area contributed by atoms with Crippen LogP contribution in [0.5, 0.6) is 0 Å². The van der Waals surface area contributed by atoms with Gasteiger partial charge in [-0.05, 0) is 42.7 Å². The summed E-state index contributed by atoms with van der Waals surface area (Å²) in [7, 11) is 0. The molecule has 2 aliphatic rings. The normalized spacial score (nSPS) is 19.3. The van der Waals surface area contributed by atoms with Crippen molar-refractivity contribution in [3.63, 3.8) is 0 Å². The van der Waals surface area contributed by atoms with E-state index in [9.17, 15) is 9.59 Å². The molecular weight excluding hydrogens is 390 g/mol. The highest BCUT2D eigenvalue weighted by molar-refractivity contribution is 6.30. The molecule has 7 heteroatoms. The third kappa shape index (κ3) is 4.65. The number of amides is 2.